The number of aliphatic imine (C=N–C) groups is 1. The van der Waals surface area contributed by atoms with Gasteiger partial charge in [0.25, 0.3) is 0 Å². The second-order valence-corrected chi connectivity index (χ2v) is 7.26. The maximum Gasteiger partial charge on any atom is 0.0674 e. The fourth-order valence-corrected chi connectivity index (χ4v) is 3.70. The van der Waals surface area contributed by atoms with Crippen LogP contribution in [0.2, 0.25) is 0 Å². The molecule has 0 bridgehead atoms. The third-order valence-corrected chi connectivity index (χ3v) is 5.26. The highest BCUT2D eigenvalue weighted by Crippen LogP contribution is 2.40. The molecule has 2 aliphatic heterocycles. The first-order valence-electron chi connectivity index (χ1n) is 8.86. The van der Waals surface area contributed by atoms with E-state index in [0.29, 0.717) is 0 Å². The van der Waals surface area contributed by atoms with Gasteiger partial charge in [0.05, 0.1) is 11.4 Å². The zero-order valence-electron chi connectivity index (χ0n) is 14.5. The Bertz CT molecular complexity index is 791. The number of benzene rings is 2. The van der Waals surface area contributed by atoms with Crippen molar-refractivity contribution in [2.24, 2.45) is 4.99 Å². The average Bonchev–Trinajstić information content (AvgIpc) is 3.21. The molecular formula is C22H24N2. The number of hydrogen-bond donors (Lipinski definition) is 0. The van der Waals surface area contributed by atoms with Crippen LogP contribution in [0, 0.1) is 0 Å². The molecule has 0 aromatic heterocycles. The minimum absolute atomic E-state index is 0.0252. The monoisotopic (exact) mass is 316 g/mol. The van der Waals surface area contributed by atoms with Gasteiger partial charge in [-0.2, -0.15) is 0 Å². The standard InChI is InChI=1S/C22H24N2/c1-22(2)19-7-3-4-8-20(19)23-21(22)14-11-17-9-12-18(13-10-17)24-15-5-6-16-24/h3-4,7-14H,5-6,15-16H2,1-2H3/b14-11+. The molecule has 1 fully saturated rings. The van der Waals surface area contributed by atoms with Crippen LogP contribution in [0.4, 0.5) is 11.4 Å². The molecule has 0 atom stereocenters. The minimum Gasteiger partial charge on any atom is -0.372 e. The maximum atomic E-state index is 4.82. The van der Waals surface area contributed by atoms with Crippen molar-refractivity contribution in [2.75, 3.05) is 18.0 Å². The summed E-state index contributed by atoms with van der Waals surface area (Å²) < 4.78 is 0. The van der Waals surface area contributed by atoms with Crippen LogP contribution < -0.4 is 4.90 Å². The molecule has 0 saturated carbocycles. The quantitative estimate of drug-likeness (QED) is 0.744. The summed E-state index contributed by atoms with van der Waals surface area (Å²) >= 11 is 0. The fraction of sp³-hybridized carbons (Fsp3) is 0.318. The van der Waals surface area contributed by atoms with Crippen molar-refractivity contribution in [1.29, 1.82) is 0 Å². The van der Waals surface area contributed by atoms with Crippen LogP contribution in [-0.4, -0.2) is 18.8 Å². The van der Waals surface area contributed by atoms with Crippen molar-refractivity contribution >= 4 is 23.2 Å². The van der Waals surface area contributed by atoms with Gasteiger partial charge in [0, 0.05) is 24.2 Å². The Kier molecular flexibility index (Phi) is 3.76. The molecule has 122 valence electrons. The Labute approximate surface area is 144 Å². The van der Waals surface area contributed by atoms with Crippen molar-refractivity contribution in [3.8, 4) is 0 Å². The van der Waals surface area contributed by atoms with E-state index >= 15 is 0 Å². The summed E-state index contributed by atoms with van der Waals surface area (Å²) in [5.41, 5.74) is 6.10. The maximum absolute atomic E-state index is 4.82. The van der Waals surface area contributed by atoms with Crippen LogP contribution in [0.25, 0.3) is 6.08 Å². The van der Waals surface area contributed by atoms with Gasteiger partial charge in [0.1, 0.15) is 0 Å². The summed E-state index contributed by atoms with van der Waals surface area (Å²) in [6, 6.07) is 17.3. The molecular weight excluding hydrogens is 292 g/mol. The Balaban J connectivity index is 1.53. The Hall–Kier alpha value is -2.35. The lowest BCUT2D eigenvalue weighted by molar-refractivity contribution is 0.740. The highest BCUT2D eigenvalue weighted by molar-refractivity contribution is 6.10. The number of hydrogen-bond acceptors (Lipinski definition) is 2. The highest BCUT2D eigenvalue weighted by Gasteiger charge is 2.32. The smallest absolute Gasteiger partial charge is 0.0674 e. The van der Waals surface area contributed by atoms with Gasteiger partial charge in [0.2, 0.25) is 0 Å². The molecule has 2 aromatic rings. The molecule has 2 heterocycles. The van der Waals surface area contributed by atoms with Crippen molar-refractivity contribution < 1.29 is 0 Å². The van der Waals surface area contributed by atoms with Gasteiger partial charge in [-0.1, -0.05) is 50.3 Å². The average molecular weight is 316 g/mol. The third-order valence-electron chi connectivity index (χ3n) is 5.26. The van der Waals surface area contributed by atoms with E-state index in [1.807, 2.05) is 0 Å². The lowest BCUT2D eigenvalue weighted by atomic mass is 9.81. The van der Waals surface area contributed by atoms with E-state index in [0.717, 1.165) is 11.4 Å². The Morgan fingerprint density at radius 2 is 1.62 bits per heavy atom. The minimum atomic E-state index is -0.0252. The second-order valence-electron chi connectivity index (χ2n) is 7.26. The van der Waals surface area contributed by atoms with E-state index in [9.17, 15) is 0 Å². The molecule has 0 radical (unpaired) electrons. The predicted molar refractivity (Wildman–Crippen MR) is 103 cm³/mol. The van der Waals surface area contributed by atoms with Crippen molar-refractivity contribution in [2.45, 2.75) is 32.1 Å². The molecule has 1 saturated heterocycles. The predicted octanol–water partition coefficient (Wildman–Crippen LogP) is 5.36. The van der Waals surface area contributed by atoms with E-state index in [4.69, 9.17) is 4.99 Å². The van der Waals surface area contributed by atoms with Crippen molar-refractivity contribution in [3.63, 3.8) is 0 Å². The molecule has 2 nitrogen and oxygen atoms in total. The normalized spacial score (nSPS) is 18.9. The summed E-state index contributed by atoms with van der Waals surface area (Å²) in [6.07, 6.45) is 6.99. The first-order chi connectivity index (χ1) is 11.6. The SMILES string of the molecule is CC1(C)C(/C=C/c2ccc(N3CCCC3)cc2)=Nc2ccccc21. The summed E-state index contributed by atoms with van der Waals surface area (Å²) in [6.45, 7) is 6.88. The number of rotatable bonds is 3. The third kappa shape index (κ3) is 2.66. The summed E-state index contributed by atoms with van der Waals surface area (Å²) in [4.78, 5) is 7.29. The molecule has 0 unspecified atom stereocenters. The van der Waals surface area contributed by atoms with Gasteiger partial charge in [-0.15, -0.1) is 0 Å². The highest BCUT2D eigenvalue weighted by atomic mass is 15.1. The zero-order valence-corrected chi connectivity index (χ0v) is 14.5. The largest absolute Gasteiger partial charge is 0.372 e. The molecule has 0 aliphatic carbocycles. The van der Waals surface area contributed by atoms with E-state index in [-0.39, 0.29) is 5.41 Å². The zero-order chi connectivity index (χ0) is 16.6. The van der Waals surface area contributed by atoms with Crippen LogP contribution in [0.3, 0.4) is 0 Å². The van der Waals surface area contributed by atoms with Gasteiger partial charge in [-0.25, -0.2) is 0 Å². The number of allylic oxidation sites excluding steroid dienone is 1. The number of fused-ring (bicyclic) bond motifs is 1. The topological polar surface area (TPSA) is 15.6 Å². The van der Waals surface area contributed by atoms with Crippen LogP contribution in [0.5, 0.6) is 0 Å². The molecule has 2 aromatic carbocycles. The number of anilines is 1. The fourth-order valence-electron chi connectivity index (χ4n) is 3.70. The molecule has 2 aliphatic rings. The second kappa shape index (κ2) is 5.94. The molecule has 2 heteroatoms. The van der Waals surface area contributed by atoms with Crippen LogP contribution in [0.15, 0.2) is 59.6 Å². The van der Waals surface area contributed by atoms with Crippen LogP contribution >= 0.6 is 0 Å². The lowest BCUT2D eigenvalue weighted by Gasteiger charge is -2.20. The summed E-state index contributed by atoms with van der Waals surface area (Å²) in [5.74, 6) is 0. The van der Waals surface area contributed by atoms with E-state index in [1.54, 1.807) is 0 Å². The van der Waals surface area contributed by atoms with E-state index in [1.165, 1.54) is 42.7 Å². The number of nitrogens with zero attached hydrogens (tertiary/aromatic N) is 2. The van der Waals surface area contributed by atoms with Gasteiger partial charge in [0.15, 0.2) is 0 Å². The van der Waals surface area contributed by atoms with Gasteiger partial charge in [-0.05, 0) is 48.2 Å². The molecule has 0 N–H and O–H groups in total. The first-order valence-corrected chi connectivity index (χ1v) is 8.86. The van der Waals surface area contributed by atoms with Gasteiger partial charge < -0.3 is 4.90 Å². The summed E-state index contributed by atoms with van der Waals surface area (Å²) in [5, 5.41) is 0. The lowest BCUT2D eigenvalue weighted by Crippen LogP contribution is -2.23. The number of para-hydroxylation sites is 1. The van der Waals surface area contributed by atoms with Crippen molar-refractivity contribution in [3.05, 3.63) is 65.7 Å². The molecule has 24 heavy (non-hydrogen) atoms. The van der Waals surface area contributed by atoms with Gasteiger partial charge >= 0.3 is 0 Å². The molecule has 4 rings (SSSR count). The Morgan fingerprint density at radius 1 is 0.917 bits per heavy atom. The molecule has 0 amide bonds. The van der Waals surface area contributed by atoms with E-state index in [2.05, 4.69) is 79.4 Å². The van der Waals surface area contributed by atoms with E-state index < -0.39 is 0 Å². The van der Waals surface area contributed by atoms with Crippen LogP contribution in [0.1, 0.15) is 37.8 Å². The summed E-state index contributed by atoms with van der Waals surface area (Å²) in [7, 11) is 0. The Morgan fingerprint density at radius 3 is 2.33 bits per heavy atom. The van der Waals surface area contributed by atoms with Crippen molar-refractivity contribution in [1.82, 2.24) is 0 Å². The first kappa shape index (κ1) is 15.2. The molecule has 0 spiro atoms. The van der Waals surface area contributed by atoms with Crippen LogP contribution in [-0.2, 0) is 5.41 Å². The van der Waals surface area contributed by atoms with Gasteiger partial charge in [-0.3, -0.25) is 4.99 Å².